The van der Waals surface area contributed by atoms with Crippen LogP contribution in [0, 0.1) is 5.92 Å². The summed E-state index contributed by atoms with van der Waals surface area (Å²) in [6, 6.07) is 27.0. The molecule has 2 amide bonds. The lowest BCUT2D eigenvalue weighted by Crippen LogP contribution is -2.31. The molecule has 3 atom stereocenters. The highest BCUT2D eigenvalue weighted by molar-refractivity contribution is 6.04. The summed E-state index contributed by atoms with van der Waals surface area (Å²) in [4.78, 5) is 27.3. The molecule has 1 N–H and O–H groups in total. The van der Waals surface area contributed by atoms with Gasteiger partial charge in [-0.3, -0.25) is 9.59 Å². The van der Waals surface area contributed by atoms with Crippen LogP contribution in [0.4, 0.5) is 5.69 Å². The maximum absolute atomic E-state index is 13.0. The Balaban J connectivity index is 1.42. The van der Waals surface area contributed by atoms with Crippen molar-refractivity contribution in [2.75, 3.05) is 12.4 Å². The van der Waals surface area contributed by atoms with E-state index in [9.17, 15) is 9.59 Å². The van der Waals surface area contributed by atoms with Crippen LogP contribution in [0.3, 0.4) is 0 Å². The Morgan fingerprint density at radius 2 is 1.60 bits per heavy atom. The van der Waals surface area contributed by atoms with Crippen LogP contribution in [0.15, 0.2) is 84.9 Å². The maximum Gasteiger partial charge on any atom is 0.255 e. The number of rotatable bonds is 6. The van der Waals surface area contributed by atoms with E-state index < -0.39 is 0 Å². The summed E-state index contributed by atoms with van der Waals surface area (Å²) in [7, 11) is 1.86. The molecule has 3 aromatic carbocycles. The van der Waals surface area contributed by atoms with Gasteiger partial charge in [0, 0.05) is 24.2 Å². The maximum atomic E-state index is 13.0. The Labute approximate surface area is 177 Å². The average Bonchev–Trinajstić information content (AvgIpc) is 3.60. The van der Waals surface area contributed by atoms with Gasteiger partial charge in [0.15, 0.2) is 0 Å². The monoisotopic (exact) mass is 398 g/mol. The fourth-order valence-corrected chi connectivity index (χ4v) is 3.88. The van der Waals surface area contributed by atoms with Gasteiger partial charge < -0.3 is 10.2 Å². The van der Waals surface area contributed by atoms with Crippen LogP contribution in [0.2, 0.25) is 0 Å². The zero-order valence-electron chi connectivity index (χ0n) is 17.3. The molecular weight excluding hydrogens is 372 g/mol. The van der Waals surface area contributed by atoms with Gasteiger partial charge >= 0.3 is 0 Å². The standard InChI is InChI=1S/C26H26N2O2/c1-18(28(2)26(30)24-17-23(24)19-10-5-3-6-11-19)21-14-9-15-22(16-21)27-25(29)20-12-7-4-8-13-20/h3-16,18,23-24H,17H2,1-2H3,(H,27,29)/t18-,23+,24+/m1/s1. The van der Waals surface area contributed by atoms with E-state index in [0.29, 0.717) is 11.5 Å². The van der Waals surface area contributed by atoms with Gasteiger partial charge in [0.2, 0.25) is 5.91 Å². The highest BCUT2D eigenvalue weighted by Gasteiger charge is 2.45. The van der Waals surface area contributed by atoms with Crippen molar-refractivity contribution in [2.45, 2.75) is 25.3 Å². The Bertz CT molecular complexity index is 1030. The lowest BCUT2D eigenvalue weighted by molar-refractivity contribution is -0.133. The minimum atomic E-state index is -0.145. The number of anilines is 1. The molecule has 0 aromatic heterocycles. The van der Waals surface area contributed by atoms with E-state index in [2.05, 4.69) is 17.4 Å². The largest absolute Gasteiger partial charge is 0.339 e. The van der Waals surface area contributed by atoms with Crippen LogP contribution in [0.5, 0.6) is 0 Å². The molecule has 0 saturated heterocycles. The second-order valence-corrected chi connectivity index (χ2v) is 7.93. The quantitative estimate of drug-likeness (QED) is 0.616. The van der Waals surface area contributed by atoms with E-state index in [1.807, 2.05) is 79.5 Å². The molecule has 0 unspecified atom stereocenters. The van der Waals surface area contributed by atoms with Crippen molar-refractivity contribution >= 4 is 17.5 Å². The third-order valence-electron chi connectivity index (χ3n) is 5.93. The summed E-state index contributed by atoms with van der Waals surface area (Å²) in [5.41, 5.74) is 3.57. The molecule has 1 fully saturated rings. The van der Waals surface area contributed by atoms with Gasteiger partial charge in [0.25, 0.3) is 5.91 Å². The molecule has 0 radical (unpaired) electrons. The SMILES string of the molecule is C[C@H](c1cccc(NC(=O)c2ccccc2)c1)N(C)C(=O)[C@H]1C[C@H]1c1ccccc1. The van der Waals surface area contributed by atoms with Crippen LogP contribution in [-0.4, -0.2) is 23.8 Å². The van der Waals surface area contributed by atoms with E-state index in [1.54, 1.807) is 12.1 Å². The third-order valence-corrected chi connectivity index (χ3v) is 5.93. The molecule has 0 aliphatic heterocycles. The molecule has 30 heavy (non-hydrogen) atoms. The predicted molar refractivity (Wildman–Crippen MR) is 119 cm³/mol. The topological polar surface area (TPSA) is 49.4 Å². The minimum absolute atomic E-state index is 0.0563. The second-order valence-electron chi connectivity index (χ2n) is 7.93. The fourth-order valence-electron chi connectivity index (χ4n) is 3.88. The highest BCUT2D eigenvalue weighted by Crippen LogP contribution is 2.48. The summed E-state index contributed by atoms with van der Waals surface area (Å²) in [5.74, 6) is 0.411. The summed E-state index contributed by atoms with van der Waals surface area (Å²) >= 11 is 0. The van der Waals surface area contributed by atoms with Crippen molar-refractivity contribution in [1.29, 1.82) is 0 Å². The molecule has 4 nitrogen and oxygen atoms in total. The molecule has 1 aliphatic rings. The molecule has 4 rings (SSSR count). The van der Waals surface area contributed by atoms with Gasteiger partial charge in [-0.25, -0.2) is 0 Å². The Morgan fingerprint density at radius 1 is 0.933 bits per heavy atom. The van der Waals surface area contributed by atoms with Crippen molar-refractivity contribution in [3.63, 3.8) is 0 Å². The molecular formula is C26H26N2O2. The summed E-state index contributed by atoms with van der Waals surface area (Å²) in [5, 5.41) is 2.94. The van der Waals surface area contributed by atoms with Gasteiger partial charge in [-0.2, -0.15) is 0 Å². The van der Waals surface area contributed by atoms with E-state index >= 15 is 0 Å². The van der Waals surface area contributed by atoms with Crippen molar-refractivity contribution in [3.8, 4) is 0 Å². The number of benzene rings is 3. The van der Waals surface area contributed by atoms with Crippen molar-refractivity contribution in [1.82, 2.24) is 4.90 Å². The molecule has 0 bridgehead atoms. The van der Waals surface area contributed by atoms with Gasteiger partial charge in [0.05, 0.1) is 6.04 Å². The first-order chi connectivity index (χ1) is 14.5. The lowest BCUT2D eigenvalue weighted by atomic mass is 10.0. The summed E-state index contributed by atoms with van der Waals surface area (Å²) in [6.07, 6.45) is 0.910. The van der Waals surface area contributed by atoms with Gasteiger partial charge in [-0.1, -0.05) is 60.7 Å². The van der Waals surface area contributed by atoms with E-state index in [0.717, 1.165) is 17.7 Å². The molecule has 4 heteroatoms. The number of nitrogens with zero attached hydrogens (tertiary/aromatic N) is 1. The molecule has 0 spiro atoms. The fraction of sp³-hybridized carbons (Fsp3) is 0.231. The second kappa shape index (κ2) is 8.54. The number of carbonyl (C=O) groups excluding carboxylic acids is 2. The lowest BCUT2D eigenvalue weighted by Gasteiger charge is -2.26. The Hall–Kier alpha value is -3.40. The van der Waals surface area contributed by atoms with E-state index in [-0.39, 0.29) is 23.8 Å². The molecule has 1 saturated carbocycles. The van der Waals surface area contributed by atoms with Crippen LogP contribution in [0.25, 0.3) is 0 Å². The van der Waals surface area contributed by atoms with Crippen LogP contribution in [0.1, 0.15) is 46.8 Å². The van der Waals surface area contributed by atoms with Crippen molar-refractivity contribution in [2.24, 2.45) is 5.92 Å². The van der Waals surface area contributed by atoms with Crippen LogP contribution in [-0.2, 0) is 4.79 Å². The number of hydrogen-bond acceptors (Lipinski definition) is 2. The van der Waals surface area contributed by atoms with Gasteiger partial charge in [-0.15, -0.1) is 0 Å². The number of nitrogens with one attached hydrogen (secondary N) is 1. The number of amides is 2. The van der Waals surface area contributed by atoms with E-state index in [1.165, 1.54) is 5.56 Å². The summed E-state index contributed by atoms with van der Waals surface area (Å²) in [6.45, 7) is 2.02. The Morgan fingerprint density at radius 3 is 2.30 bits per heavy atom. The van der Waals surface area contributed by atoms with Gasteiger partial charge in [0.1, 0.15) is 0 Å². The van der Waals surface area contributed by atoms with Crippen LogP contribution >= 0.6 is 0 Å². The highest BCUT2D eigenvalue weighted by atomic mass is 16.2. The molecule has 1 aliphatic carbocycles. The molecule has 3 aromatic rings. The number of hydrogen-bond donors (Lipinski definition) is 1. The average molecular weight is 399 g/mol. The van der Waals surface area contributed by atoms with Crippen molar-refractivity contribution in [3.05, 3.63) is 102 Å². The number of carbonyl (C=O) groups is 2. The zero-order valence-corrected chi connectivity index (χ0v) is 17.3. The normalized spacial score (nSPS) is 18.3. The smallest absolute Gasteiger partial charge is 0.255 e. The van der Waals surface area contributed by atoms with Gasteiger partial charge in [-0.05, 0) is 54.7 Å². The zero-order chi connectivity index (χ0) is 21.1. The minimum Gasteiger partial charge on any atom is -0.339 e. The predicted octanol–water partition coefficient (Wildman–Crippen LogP) is 5.26. The molecule has 152 valence electrons. The molecule has 0 heterocycles. The third kappa shape index (κ3) is 4.28. The van der Waals surface area contributed by atoms with E-state index in [4.69, 9.17) is 0 Å². The first-order valence-corrected chi connectivity index (χ1v) is 10.3. The first-order valence-electron chi connectivity index (χ1n) is 10.3. The first kappa shape index (κ1) is 19.9. The Kier molecular flexibility index (Phi) is 5.66. The summed E-state index contributed by atoms with van der Waals surface area (Å²) < 4.78 is 0. The van der Waals surface area contributed by atoms with Crippen molar-refractivity contribution < 1.29 is 9.59 Å². The van der Waals surface area contributed by atoms with Crippen LogP contribution < -0.4 is 5.32 Å².